The van der Waals surface area contributed by atoms with E-state index in [-0.39, 0.29) is 10.8 Å². The van der Waals surface area contributed by atoms with Crippen molar-refractivity contribution in [2.45, 2.75) is 38.5 Å². The molecule has 6 aromatic carbocycles. The van der Waals surface area contributed by atoms with Crippen molar-refractivity contribution in [3.05, 3.63) is 156 Å². The highest BCUT2D eigenvalue weighted by atomic mass is 15.2. The number of nitrogens with zero attached hydrogens (tertiary/aromatic N) is 2. The van der Waals surface area contributed by atoms with Crippen molar-refractivity contribution >= 4 is 28.0 Å². The highest BCUT2D eigenvalue weighted by Crippen LogP contribution is 2.57. The second-order valence-corrected chi connectivity index (χ2v) is 14.4. The van der Waals surface area contributed by atoms with Crippen molar-refractivity contribution in [2.75, 3.05) is 4.90 Å². The zero-order chi connectivity index (χ0) is 31.7. The lowest BCUT2D eigenvalue weighted by molar-refractivity contribution is 0.660. The SMILES string of the molecule is CC1(C)c2ccccc2-c2cc(-c3cccc(N4c5cc6c(cc5-c5cccc7cccc4c57)-c4ccccc4C6(C)C)n3)ccc21. The zero-order valence-corrected chi connectivity index (χ0v) is 27.1. The molecule has 0 radical (unpaired) electrons. The first kappa shape index (κ1) is 26.7. The van der Waals surface area contributed by atoms with E-state index in [0.717, 1.165) is 17.1 Å². The van der Waals surface area contributed by atoms with Crippen LogP contribution in [0.3, 0.4) is 0 Å². The summed E-state index contributed by atoms with van der Waals surface area (Å²) < 4.78 is 0. The maximum absolute atomic E-state index is 5.44. The lowest BCUT2D eigenvalue weighted by atomic mass is 9.81. The van der Waals surface area contributed by atoms with Crippen LogP contribution >= 0.6 is 0 Å². The second kappa shape index (κ2) is 9.08. The minimum atomic E-state index is -0.0979. The first-order chi connectivity index (χ1) is 22.8. The van der Waals surface area contributed by atoms with Gasteiger partial charge in [0.2, 0.25) is 0 Å². The smallest absolute Gasteiger partial charge is 0.138 e. The summed E-state index contributed by atoms with van der Waals surface area (Å²) in [5.74, 6) is 0.931. The van der Waals surface area contributed by atoms with Gasteiger partial charge in [-0.05, 0) is 91.9 Å². The predicted octanol–water partition coefficient (Wildman–Crippen LogP) is 12.0. The number of hydrogen-bond donors (Lipinski definition) is 0. The van der Waals surface area contributed by atoms with Crippen LogP contribution in [0.2, 0.25) is 0 Å². The van der Waals surface area contributed by atoms with Gasteiger partial charge < -0.3 is 0 Å². The monoisotopic (exact) mass is 602 g/mol. The van der Waals surface area contributed by atoms with Crippen molar-refractivity contribution in [1.82, 2.24) is 4.98 Å². The van der Waals surface area contributed by atoms with Crippen LogP contribution in [0.1, 0.15) is 49.9 Å². The van der Waals surface area contributed by atoms with Gasteiger partial charge in [-0.15, -0.1) is 0 Å². The quantitative estimate of drug-likeness (QED) is 0.196. The summed E-state index contributed by atoms with van der Waals surface area (Å²) in [6.45, 7) is 9.38. The van der Waals surface area contributed by atoms with Gasteiger partial charge in [-0.2, -0.15) is 0 Å². The van der Waals surface area contributed by atoms with Gasteiger partial charge in [-0.25, -0.2) is 4.98 Å². The normalized spacial score (nSPS) is 15.5. The van der Waals surface area contributed by atoms with Gasteiger partial charge in [0.05, 0.1) is 17.1 Å². The minimum absolute atomic E-state index is 0.0169. The summed E-state index contributed by atoms with van der Waals surface area (Å²) in [5.41, 5.74) is 17.7. The van der Waals surface area contributed by atoms with Gasteiger partial charge in [0.1, 0.15) is 5.82 Å². The Morgan fingerprint density at radius 3 is 1.83 bits per heavy atom. The van der Waals surface area contributed by atoms with Gasteiger partial charge in [0.15, 0.2) is 0 Å². The van der Waals surface area contributed by atoms with Crippen molar-refractivity contribution in [1.29, 1.82) is 0 Å². The highest BCUT2D eigenvalue weighted by molar-refractivity contribution is 6.14. The van der Waals surface area contributed by atoms with Gasteiger partial charge >= 0.3 is 0 Å². The Morgan fingerprint density at radius 1 is 0.447 bits per heavy atom. The average molecular weight is 603 g/mol. The van der Waals surface area contributed by atoms with E-state index in [1.165, 1.54) is 77.8 Å². The topological polar surface area (TPSA) is 16.1 Å². The molecule has 224 valence electrons. The van der Waals surface area contributed by atoms with E-state index in [1.54, 1.807) is 0 Å². The molecule has 47 heavy (non-hydrogen) atoms. The molecule has 10 rings (SSSR count). The van der Waals surface area contributed by atoms with Crippen LogP contribution in [0.4, 0.5) is 17.2 Å². The van der Waals surface area contributed by atoms with Crippen LogP contribution < -0.4 is 4.90 Å². The van der Waals surface area contributed by atoms with Crippen molar-refractivity contribution in [2.24, 2.45) is 0 Å². The highest BCUT2D eigenvalue weighted by Gasteiger charge is 2.39. The summed E-state index contributed by atoms with van der Waals surface area (Å²) in [4.78, 5) is 7.84. The molecule has 0 spiro atoms. The second-order valence-electron chi connectivity index (χ2n) is 14.4. The van der Waals surface area contributed by atoms with Crippen LogP contribution in [0.15, 0.2) is 133 Å². The number of aromatic nitrogens is 1. The van der Waals surface area contributed by atoms with Crippen LogP contribution in [0, 0.1) is 0 Å². The van der Waals surface area contributed by atoms with Gasteiger partial charge in [0, 0.05) is 27.3 Å². The molecule has 0 fully saturated rings. The Bertz CT molecular complexity index is 2480. The lowest BCUT2D eigenvalue weighted by Gasteiger charge is -2.34. The average Bonchev–Trinajstić information content (AvgIpc) is 3.47. The van der Waals surface area contributed by atoms with E-state index >= 15 is 0 Å². The van der Waals surface area contributed by atoms with E-state index in [1.807, 2.05) is 0 Å². The molecule has 0 saturated carbocycles. The summed E-state index contributed by atoms with van der Waals surface area (Å²) in [6, 6.07) is 49.4. The van der Waals surface area contributed by atoms with Crippen LogP contribution in [-0.4, -0.2) is 4.98 Å². The number of pyridine rings is 1. The van der Waals surface area contributed by atoms with E-state index < -0.39 is 0 Å². The van der Waals surface area contributed by atoms with Gasteiger partial charge in [-0.1, -0.05) is 125 Å². The molecule has 0 amide bonds. The standard InChI is InChI=1S/C45H34N2/c1-44(2)35-17-7-5-14-29(35)32-24-28(22-23-37(32)44)39-19-11-21-42(46-39)47-40-20-10-13-27-12-9-16-31(43(27)40)34-25-33-30-15-6-8-18-36(30)45(3,4)38(33)26-41(34)47/h5-26H,1-4H3. The molecule has 2 heteroatoms. The summed E-state index contributed by atoms with van der Waals surface area (Å²) >= 11 is 0. The Labute approximate surface area is 276 Å². The molecular weight excluding hydrogens is 569 g/mol. The van der Waals surface area contributed by atoms with Crippen molar-refractivity contribution in [3.63, 3.8) is 0 Å². The first-order valence-electron chi connectivity index (χ1n) is 16.6. The number of anilines is 3. The van der Waals surface area contributed by atoms with Gasteiger partial charge in [-0.3, -0.25) is 4.90 Å². The van der Waals surface area contributed by atoms with E-state index in [0.29, 0.717) is 0 Å². The Kier molecular flexibility index (Phi) is 5.16. The predicted molar refractivity (Wildman–Crippen MR) is 196 cm³/mol. The molecule has 0 atom stereocenters. The third-order valence-electron chi connectivity index (χ3n) is 11.2. The number of rotatable bonds is 2. The molecule has 1 aromatic heterocycles. The van der Waals surface area contributed by atoms with Crippen LogP contribution in [-0.2, 0) is 10.8 Å². The lowest BCUT2D eigenvalue weighted by Crippen LogP contribution is -2.19. The maximum atomic E-state index is 5.44. The van der Waals surface area contributed by atoms with Crippen molar-refractivity contribution < 1.29 is 0 Å². The molecule has 0 N–H and O–H groups in total. The molecule has 2 nitrogen and oxygen atoms in total. The Balaban J connectivity index is 1.19. The summed E-state index contributed by atoms with van der Waals surface area (Å²) in [7, 11) is 0. The Hall–Kier alpha value is -5.47. The summed E-state index contributed by atoms with van der Waals surface area (Å²) in [6.07, 6.45) is 0. The third-order valence-corrected chi connectivity index (χ3v) is 11.2. The molecule has 0 bridgehead atoms. The van der Waals surface area contributed by atoms with Crippen molar-refractivity contribution in [3.8, 4) is 44.6 Å². The molecule has 0 saturated heterocycles. The molecule has 0 unspecified atom stereocenters. The number of fused-ring (bicyclic) bond motifs is 8. The number of benzene rings is 6. The number of hydrogen-bond acceptors (Lipinski definition) is 2. The minimum Gasteiger partial charge on any atom is -0.294 e. The van der Waals surface area contributed by atoms with E-state index in [4.69, 9.17) is 4.98 Å². The fourth-order valence-electron chi connectivity index (χ4n) is 8.83. The molecule has 1 aliphatic heterocycles. The third kappa shape index (κ3) is 3.48. The molecule has 2 aliphatic carbocycles. The van der Waals surface area contributed by atoms with Gasteiger partial charge in [0.25, 0.3) is 0 Å². The van der Waals surface area contributed by atoms with E-state index in [9.17, 15) is 0 Å². The van der Waals surface area contributed by atoms with E-state index in [2.05, 4.69) is 166 Å². The van der Waals surface area contributed by atoms with Crippen LogP contribution in [0.25, 0.3) is 55.4 Å². The Morgan fingerprint density at radius 2 is 1.06 bits per heavy atom. The first-order valence-corrected chi connectivity index (χ1v) is 16.6. The molecule has 2 heterocycles. The molecular formula is C45H34N2. The largest absolute Gasteiger partial charge is 0.294 e. The maximum Gasteiger partial charge on any atom is 0.138 e. The molecule has 3 aliphatic rings. The molecule has 7 aromatic rings. The fraction of sp³-hybridized carbons (Fsp3) is 0.133. The fourth-order valence-corrected chi connectivity index (χ4v) is 8.83. The zero-order valence-electron chi connectivity index (χ0n) is 27.1. The summed E-state index contributed by atoms with van der Waals surface area (Å²) in [5, 5.41) is 2.52. The van der Waals surface area contributed by atoms with Crippen LogP contribution in [0.5, 0.6) is 0 Å².